The van der Waals surface area contributed by atoms with E-state index < -0.39 is 15.9 Å². The SMILES string of the molecule is CCCCN(Cc1ccc(OS(C)(=O)=O)cc1)C(=O)c1ccccc1F. The van der Waals surface area contributed by atoms with Crippen molar-refractivity contribution in [2.75, 3.05) is 12.8 Å². The minimum atomic E-state index is -3.59. The van der Waals surface area contributed by atoms with Crippen LogP contribution in [0.3, 0.4) is 0 Å². The van der Waals surface area contributed by atoms with E-state index in [0.717, 1.165) is 24.7 Å². The molecule has 0 radical (unpaired) electrons. The Morgan fingerprint density at radius 3 is 2.35 bits per heavy atom. The van der Waals surface area contributed by atoms with E-state index in [0.29, 0.717) is 13.1 Å². The first-order valence-corrected chi connectivity index (χ1v) is 10.1. The van der Waals surface area contributed by atoms with Gasteiger partial charge in [-0.25, -0.2) is 4.39 Å². The summed E-state index contributed by atoms with van der Waals surface area (Å²) in [5, 5.41) is 0. The standard InChI is InChI=1S/C19H22FNO4S/c1-3-4-13-21(19(22)17-7-5-6-8-18(17)20)14-15-9-11-16(12-10-15)25-26(2,23)24/h5-12H,3-4,13-14H2,1-2H3. The average molecular weight is 379 g/mol. The molecule has 0 aromatic heterocycles. The fourth-order valence-corrected chi connectivity index (χ4v) is 2.91. The van der Waals surface area contributed by atoms with Crippen LogP contribution in [0.25, 0.3) is 0 Å². The van der Waals surface area contributed by atoms with Crippen molar-refractivity contribution in [2.24, 2.45) is 0 Å². The summed E-state index contributed by atoms with van der Waals surface area (Å²) in [6.07, 6.45) is 2.68. The summed E-state index contributed by atoms with van der Waals surface area (Å²) in [4.78, 5) is 14.3. The van der Waals surface area contributed by atoms with Gasteiger partial charge < -0.3 is 9.08 Å². The van der Waals surface area contributed by atoms with Gasteiger partial charge in [-0.3, -0.25) is 4.79 Å². The lowest BCUT2D eigenvalue weighted by Crippen LogP contribution is -2.32. The summed E-state index contributed by atoms with van der Waals surface area (Å²) in [5.74, 6) is -0.708. The van der Waals surface area contributed by atoms with Gasteiger partial charge in [-0.2, -0.15) is 8.42 Å². The maximum absolute atomic E-state index is 14.0. The maximum atomic E-state index is 14.0. The van der Waals surface area contributed by atoms with Crippen LogP contribution in [0.2, 0.25) is 0 Å². The molecule has 0 atom stereocenters. The first-order chi connectivity index (χ1) is 12.3. The zero-order valence-corrected chi connectivity index (χ0v) is 15.6. The van der Waals surface area contributed by atoms with E-state index in [9.17, 15) is 17.6 Å². The average Bonchev–Trinajstić information content (AvgIpc) is 2.58. The molecule has 0 saturated heterocycles. The second-order valence-electron chi connectivity index (χ2n) is 5.99. The molecule has 0 saturated carbocycles. The fraction of sp³-hybridized carbons (Fsp3) is 0.316. The van der Waals surface area contributed by atoms with Crippen LogP contribution in [0.15, 0.2) is 48.5 Å². The molecule has 7 heteroatoms. The Morgan fingerprint density at radius 1 is 1.12 bits per heavy atom. The topological polar surface area (TPSA) is 63.7 Å². The summed E-state index contributed by atoms with van der Waals surface area (Å²) in [5.41, 5.74) is 0.840. The smallest absolute Gasteiger partial charge is 0.306 e. The highest BCUT2D eigenvalue weighted by molar-refractivity contribution is 7.86. The summed E-state index contributed by atoms with van der Waals surface area (Å²) < 4.78 is 41.1. The normalized spacial score (nSPS) is 11.2. The first-order valence-electron chi connectivity index (χ1n) is 8.32. The Balaban J connectivity index is 2.17. The van der Waals surface area contributed by atoms with Crippen molar-refractivity contribution in [1.29, 1.82) is 0 Å². The van der Waals surface area contributed by atoms with E-state index in [4.69, 9.17) is 4.18 Å². The largest absolute Gasteiger partial charge is 0.383 e. The van der Waals surface area contributed by atoms with Crippen LogP contribution in [-0.4, -0.2) is 32.0 Å². The van der Waals surface area contributed by atoms with E-state index in [1.165, 1.54) is 24.3 Å². The number of amides is 1. The van der Waals surface area contributed by atoms with Crippen molar-refractivity contribution in [3.05, 3.63) is 65.5 Å². The summed E-state index contributed by atoms with van der Waals surface area (Å²) >= 11 is 0. The summed E-state index contributed by atoms with van der Waals surface area (Å²) in [6.45, 7) is 2.82. The fourth-order valence-electron chi connectivity index (χ4n) is 2.45. The molecular formula is C19H22FNO4S. The van der Waals surface area contributed by atoms with Crippen LogP contribution in [0.5, 0.6) is 5.75 Å². The van der Waals surface area contributed by atoms with Gasteiger partial charge in [0.2, 0.25) is 0 Å². The number of rotatable bonds is 8. The quantitative estimate of drug-likeness (QED) is 0.658. The van der Waals surface area contributed by atoms with E-state index in [-0.39, 0.29) is 17.2 Å². The van der Waals surface area contributed by atoms with Gasteiger partial charge in [0, 0.05) is 13.1 Å². The van der Waals surface area contributed by atoms with E-state index >= 15 is 0 Å². The third-order valence-electron chi connectivity index (χ3n) is 3.72. The highest BCUT2D eigenvalue weighted by Crippen LogP contribution is 2.18. The Hall–Kier alpha value is -2.41. The van der Waals surface area contributed by atoms with Gasteiger partial charge >= 0.3 is 10.1 Å². The maximum Gasteiger partial charge on any atom is 0.306 e. The Morgan fingerprint density at radius 2 is 1.77 bits per heavy atom. The van der Waals surface area contributed by atoms with E-state index in [1.807, 2.05) is 6.92 Å². The van der Waals surface area contributed by atoms with Crippen molar-refractivity contribution < 1.29 is 21.8 Å². The molecule has 2 aromatic carbocycles. The third kappa shape index (κ3) is 5.84. The predicted octanol–water partition coefficient (Wildman–Crippen LogP) is 3.61. The summed E-state index contributed by atoms with van der Waals surface area (Å²) in [6, 6.07) is 12.4. The van der Waals surface area contributed by atoms with E-state index in [2.05, 4.69) is 0 Å². The molecule has 0 N–H and O–H groups in total. The van der Waals surface area contributed by atoms with Crippen LogP contribution >= 0.6 is 0 Å². The second kappa shape index (κ2) is 8.80. The van der Waals surface area contributed by atoms with Gasteiger partial charge in [-0.1, -0.05) is 37.6 Å². The number of hydrogen-bond donors (Lipinski definition) is 0. The minimum absolute atomic E-state index is 0.0423. The lowest BCUT2D eigenvalue weighted by atomic mass is 10.1. The van der Waals surface area contributed by atoms with Gasteiger partial charge in [0.15, 0.2) is 0 Å². The minimum Gasteiger partial charge on any atom is -0.383 e. The number of carbonyl (C=O) groups is 1. The van der Waals surface area contributed by atoms with Crippen LogP contribution in [0.4, 0.5) is 4.39 Å². The lowest BCUT2D eigenvalue weighted by Gasteiger charge is -2.23. The van der Waals surface area contributed by atoms with Gasteiger partial charge in [0.25, 0.3) is 5.91 Å². The van der Waals surface area contributed by atoms with Crippen LogP contribution in [0.1, 0.15) is 35.7 Å². The zero-order chi connectivity index (χ0) is 19.2. The molecule has 26 heavy (non-hydrogen) atoms. The molecule has 2 rings (SSSR count). The number of halogens is 1. The molecule has 0 unspecified atom stereocenters. The van der Waals surface area contributed by atoms with Gasteiger partial charge in [0.1, 0.15) is 11.6 Å². The Bertz CT molecular complexity index is 850. The lowest BCUT2D eigenvalue weighted by molar-refractivity contribution is 0.0736. The summed E-state index contributed by atoms with van der Waals surface area (Å²) in [7, 11) is -3.59. The van der Waals surface area contributed by atoms with Crippen molar-refractivity contribution in [1.82, 2.24) is 4.90 Å². The molecule has 1 amide bonds. The van der Waals surface area contributed by atoms with Crippen LogP contribution in [-0.2, 0) is 16.7 Å². The molecule has 0 aliphatic rings. The third-order valence-corrected chi connectivity index (χ3v) is 4.21. The van der Waals surface area contributed by atoms with Gasteiger partial charge in [-0.05, 0) is 36.2 Å². The van der Waals surface area contributed by atoms with Gasteiger partial charge in [0.05, 0.1) is 11.8 Å². The number of nitrogens with zero attached hydrogens (tertiary/aromatic N) is 1. The van der Waals surface area contributed by atoms with Crippen molar-refractivity contribution in [3.63, 3.8) is 0 Å². The molecule has 0 fully saturated rings. The molecule has 0 bridgehead atoms. The number of carbonyl (C=O) groups excluding carboxylic acids is 1. The van der Waals surface area contributed by atoms with Gasteiger partial charge in [-0.15, -0.1) is 0 Å². The molecular weight excluding hydrogens is 357 g/mol. The monoisotopic (exact) mass is 379 g/mol. The molecule has 0 heterocycles. The molecule has 140 valence electrons. The van der Waals surface area contributed by atoms with Crippen LogP contribution < -0.4 is 4.18 Å². The van der Waals surface area contributed by atoms with Crippen molar-refractivity contribution in [3.8, 4) is 5.75 Å². The zero-order valence-electron chi connectivity index (χ0n) is 14.8. The van der Waals surface area contributed by atoms with E-state index in [1.54, 1.807) is 29.2 Å². The van der Waals surface area contributed by atoms with Crippen LogP contribution in [0, 0.1) is 5.82 Å². The highest BCUT2D eigenvalue weighted by atomic mass is 32.2. The molecule has 0 aliphatic heterocycles. The highest BCUT2D eigenvalue weighted by Gasteiger charge is 2.19. The Kier molecular flexibility index (Phi) is 6.74. The predicted molar refractivity (Wildman–Crippen MR) is 98.0 cm³/mol. The van der Waals surface area contributed by atoms with Crippen molar-refractivity contribution in [2.45, 2.75) is 26.3 Å². The number of benzene rings is 2. The second-order valence-corrected chi connectivity index (χ2v) is 7.57. The number of unbranched alkanes of at least 4 members (excludes halogenated alkanes) is 1. The first kappa shape index (κ1) is 19.9. The Labute approximate surface area is 153 Å². The van der Waals surface area contributed by atoms with Crippen molar-refractivity contribution >= 4 is 16.0 Å². The number of hydrogen-bond acceptors (Lipinski definition) is 4. The molecule has 0 aliphatic carbocycles. The molecule has 5 nitrogen and oxygen atoms in total. The molecule has 0 spiro atoms. The molecule has 2 aromatic rings.